The number of nitrogens with zero attached hydrogens (tertiary/aromatic N) is 1. The second-order valence-electron chi connectivity index (χ2n) is 10.8. The molecule has 3 atom stereocenters. The van der Waals surface area contributed by atoms with Crippen LogP contribution in [-0.4, -0.2) is 32.7 Å². The first-order valence-corrected chi connectivity index (χ1v) is 14.6. The Bertz CT molecular complexity index is 1540. The summed E-state index contributed by atoms with van der Waals surface area (Å²) in [7, 11) is -3.78. The molecule has 8 nitrogen and oxygen atoms in total. The number of halogens is 1. The SMILES string of the molecule is NS(=O)(=O)c1ccc(CNC(=O)N2CC34CCCC(COC(O)c5cc(F)ccc5-c5ccc2c3c5)C4)cc1. The summed E-state index contributed by atoms with van der Waals surface area (Å²) in [5.74, 6) is -0.245. The van der Waals surface area contributed by atoms with Crippen LogP contribution in [0.3, 0.4) is 0 Å². The lowest BCUT2D eigenvalue weighted by Crippen LogP contribution is -2.44. The third kappa shape index (κ3) is 4.82. The summed E-state index contributed by atoms with van der Waals surface area (Å²) in [6, 6.07) is 16.1. The van der Waals surface area contributed by atoms with Crippen LogP contribution in [0.15, 0.2) is 65.6 Å². The predicted molar refractivity (Wildman–Crippen MR) is 144 cm³/mol. The highest BCUT2D eigenvalue weighted by molar-refractivity contribution is 7.89. The molecule has 3 aliphatic rings. The Morgan fingerprint density at radius 1 is 1.15 bits per heavy atom. The fourth-order valence-electron chi connectivity index (χ4n) is 6.42. The summed E-state index contributed by atoms with van der Waals surface area (Å²) in [5, 5.41) is 18.9. The van der Waals surface area contributed by atoms with E-state index in [0.717, 1.165) is 48.1 Å². The van der Waals surface area contributed by atoms with Gasteiger partial charge >= 0.3 is 6.03 Å². The van der Waals surface area contributed by atoms with E-state index in [4.69, 9.17) is 9.88 Å². The lowest BCUT2D eigenvalue weighted by Gasteiger charge is -2.38. The van der Waals surface area contributed by atoms with E-state index in [2.05, 4.69) is 11.4 Å². The molecule has 1 aliphatic carbocycles. The van der Waals surface area contributed by atoms with Crippen LogP contribution < -0.4 is 15.4 Å². The number of urea groups is 1. The molecule has 2 amide bonds. The van der Waals surface area contributed by atoms with Crippen LogP contribution in [0.1, 0.15) is 48.7 Å². The summed E-state index contributed by atoms with van der Waals surface area (Å²) in [4.78, 5) is 15.3. The van der Waals surface area contributed by atoms with Gasteiger partial charge in [-0.1, -0.05) is 30.7 Å². The molecule has 1 spiro atoms. The van der Waals surface area contributed by atoms with Gasteiger partial charge in [-0.25, -0.2) is 22.7 Å². The zero-order chi connectivity index (χ0) is 27.4. The van der Waals surface area contributed by atoms with E-state index in [0.29, 0.717) is 24.3 Å². The van der Waals surface area contributed by atoms with E-state index in [1.165, 1.54) is 24.3 Å². The van der Waals surface area contributed by atoms with Crippen LogP contribution in [0, 0.1) is 11.7 Å². The second kappa shape index (κ2) is 9.71. The van der Waals surface area contributed by atoms with Crippen molar-refractivity contribution in [3.05, 3.63) is 83.2 Å². The number of nitrogens with two attached hydrogens (primary N) is 1. The normalized spacial score (nSPS) is 24.0. The van der Waals surface area contributed by atoms with E-state index < -0.39 is 22.1 Å². The molecule has 1 saturated carbocycles. The Labute approximate surface area is 226 Å². The third-order valence-corrected chi connectivity index (χ3v) is 9.22. The average molecular weight is 552 g/mol. The van der Waals surface area contributed by atoms with Crippen molar-refractivity contribution in [3.63, 3.8) is 0 Å². The zero-order valence-corrected chi connectivity index (χ0v) is 22.1. The molecular weight excluding hydrogens is 521 g/mol. The number of benzene rings is 3. The van der Waals surface area contributed by atoms with Crippen LogP contribution >= 0.6 is 0 Å². The van der Waals surface area contributed by atoms with Gasteiger partial charge in [0.1, 0.15) is 5.82 Å². The largest absolute Gasteiger partial charge is 0.364 e. The molecule has 0 saturated heterocycles. The number of anilines is 1. The third-order valence-electron chi connectivity index (χ3n) is 8.29. The quantitative estimate of drug-likeness (QED) is 0.448. The highest BCUT2D eigenvalue weighted by atomic mass is 32.2. The molecule has 3 unspecified atom stereocenters. The number of fused-ring (bicyclic) bond motifs is 4. The van der Waals surface area contributed by atoms with Crippen LogP contribution in [0.4, 0.5) is 14.9 Å². The molecule has 4 bridgehead atoms. The standard InChI is InChI=1S/C29H30FN3O5S/c30-21-6-9-23-20-5-10-26-25(12-20)29(11-1-2-19(14-29)16-38-27(34)24(23)13-21)17-33(26)28(35)32-15-18-3-7-22(8-4-18)39(31,36)37/h3-10,12-13,19,27,34H,1-2,11,14-17H2,(H,32,35)(H2,31,36,37). The fraction of sp³-hybridized carbons (Fsp3) is 0.345. The lowest BCUT2D eigenvalue weighted by molar-refractivity contribution is -0.117. The van der Waals surface area contributed by atoms with E-state index in [-0.39, 0.29) is 28.8 Å². The van der Waals surface area contributed by atoms with E-state index in [1.807, 2.05) is 12.1 Å². The molecule has 2 aliphatic heterocycles. The lowest BCUT2D eigenvalue weighted by atomic mass is 9.67. The molecule has 4 N–H and O–H groups in total. The second-order valence-corrected chi connectivity index (χ2v) is 12.4. The molecule has 0 radical (unpaired) electrons. The van der Waals surface area contributed by atoms with Crippen LogP contribution in [-0.2, 0) is 26.7 Å². The Hall–Kier alpha value is -3.31. The predicted octanol–water partition coefficient (Wildman–Crippen LogP) is 4.32. The first-order valence-electron chi connectivity index (χ1n) is 13.0. The Morgan fingerprint density at radius 3 is 2.72 bits per heavy atom. The van der Waals surface area contributed by atoms with Gasteiger partial charge in [0.05, 0.1) is 11.5 Å². The number of amides is 2. The number of primary sulfonamides is 1. The van der Waals surface area contributed by atoms with Crippen molar-refractivity contribution in [2.75, 3.05) is 18.1 Å². The van der Waals surface area contributed by atoms with Gasteiger partial charge in [0.2, 0.25) is 10.0 Å². The number of hydrogen-bond donors (Lipinski definition) is 3. The van der Waals surface area contributed by atoms with E-state index in [1.54, 1.807) is 23.1 Å². The van der Waals surface area contributed by atoms with E-state index in [9.17, 15) is 22.7 Å². The van der Waals surface area contributed by atoms with Gasteiger partial charge in [0.15, 0.2) is 6.29 Å². The molecule has 3 aromatic rings. The molecule has 39 heavy (non-hydrogen) atoms. The van der Waals surface area contributed by atoms with Gasteiger partial charge in [0, 0.05) is 29.8 Å². The highest BCUT2D eigenvalue weighted by Gasteiger charge is 2.47. The highest BCUT2D eigenvalue weighted by Crippen LogP contribution is 2.52. The summed E-state index contributed by atoms with van der Waals surface area (Å²) < 4.78 is 43.1. The summed E-state index contributed by atoms with van der Waals surface area (Å²) in [5.41, 5.74) is 4.36. The smallest absolute Gasteiger partial charge is 0.322 e. The fourth-order valence-corrected chi connectivity index (χ4v) is 6.94. The summed E-state index contributed by atoms with van der Waals surface area (Å²) in [6.07, 6.45) is 2.45. The molecule has 204 valence electrons. The number of aliphatic hydroxyl groups is 1. The van der Waals surface area contributed by atoms with Crippen molar-refractivity contribution in [2.45, 2.75) is 48.8 Å². The summed E-state index contributed by atoms with van der Waals surface area (Å²) in [6.45, 7) is 1.11. The minimum atomic E-state index is -3.78. The number of hydrogen-bond acceptors (Lipinski definition) is 5. The van der Waals surface area contributed by atoms with Gasteiger partial charge in [0.25, 0.3) is 0 Å². The van der Waals surface area contributed by atoms with Gasteiger partial charge in [-0.2, -0.15) is 0 Å². The van der Waals surface area contributed by atoms with E-state index >= 15 is 0 Å². The maximum atomic E-state index is 14.1. The van der Waals surface area contributed by atoms with Crippen molar-refractivity contribution in [1.82, 2.24) is 5.32 Å². The maximum absolute atomic E-state index is 14.1. The minimum absolute atomic E-state index is 0.0182. The van der Waals surface area contributed by atoms with Gasteiger partial charge in [-0.05, 0) is 83.8 Å². The topological polar surface area (TPSA) is 122 Å². The molecule has 2 heterocycles. The molecule has 1 fully saturated rings. The van der Waals surface area contributed by atoms with Gasteiger partial charge < -0.3 is 15.2 Å². The summed E-state index contributed by atoms with van der Waals surface area (Å²) >= 11 is 0. The van der Waals surface area contributed by atoms with Crippen molar-refractivity contribution < 1.29 is 27.4 Å². The van der Waals surface area contributed by atoms with Crippen molar-refractivity contribution in [1.29, 1.82) is 0 Å². The Kier molecular flexibility index (Phi) is 6.46. The molecule has 6 rings (SSSR count). The number of aliphatic hydroxyl groups excluding tert-OH is 1. The number of carbonyl (C=O) groups is 1. The first-order chi connectivity index (χ1) is 18.6. The zero-order valence-electron chi connectivity index (χ0n) is 21.3. The minimum Gasteiger partial charge on any atom is -0.364 e. The first kappa shape index (κ1) is 25.9. The van der Waals surface area contributed by atoms with Crippen molar-refractivity contribution in [2.24, 2.45) is 11.1 Å². The molecule has 10 heteroatoms. The monoisotopic (exact) mass is 551 g/mol. The van der Waals surface area contributed by atoms with Gasteiger partial charge in [-0.3, -0.25) is 4.90 Å². The molecule has 3 aromatic carbocycles. The molecular formula is C29H30FN3O5S. The van der Waals surface area contributed by atoms with Gasteiger partial charge in [-0.15, -0.1) is 0 Å². The number of ether oxygens (including phenoxy) is 1. The van der Waals surface area contributed by atoms with Crippen LogP contribution in [0.25, 0.3) is 11.1 Å². The maximum Gasteiger partial charge on any atom is 0.322 e. The van der Waals surface area contributed by atoms with Crippen molar-refractivity contribution >= 4 is 21.7 Å². The van der Waals surface area contributed by atoms with Crippen LogP contribution in [0.2, 0.25) is 0 Å². The Morgan fingerprint density at radius 2 is 1.95 bits per heavy atom. The molecule has 0 aromatic heterocycles. The van der Waals surface area contributed by atoms with Crippen molar-refractivity contribution in [3.8, 4) is 11.1 Å². The average Bonchev–Trinajstić information content (AvgIpc) is 3.22. The number of rotatable bonds is 3. The van der Waals surface area contributed by atoms with Crippen LogP contribution in [0.5, 0.6) is 0 Å². The number of sulfonamides is 1. The number of carbonyl (C=O) groups excluding carboxylic acids is 1. The number of nitrogens with one attached hydrogen (secondary N) is 1. The Balaban J connectivity index is 1.33.